The molecule has 1 fully saturated rings. The quantitative estimate of drug-likeness (QED) is 0.726. The molecule has 0 bridgehead atoms. The van der Waals surface area contributed by atoms with Gasteiger partial charge in [-0.2, -0.15) is 0 Å². The van der Waals surface area contributed by atoms with E-state index in [9.17, 15) is 0 Å². The van der Waals surface area contributed by atoms with Crippen molar-refractivity contribution < 1.29 is 0 Å². The Balaban J connectivity index is 1.88. The zero-order valence-electron chi connectivity index (χ0n) is 11.5. The Hall–Kier alpha value is -0.690. The second-order valence-electron chi connectivity index (χ2n) is 5.86. The van der Waals surface area contributed by atoms with Crippen LogP contribution in [0.25, 0.3) is 0 Å². The first-order chi connectivity index (χ1) is 8.65. The molecule has 0 radical (unpaired) electrons. The van der Waals surface area contributed by atoms with E-state index in [1.54, 1.807) is 0 Å². The maximum atomic E-state index is 5.91. The van der Waals surface area contributed by atoms with Crippen molar-refractivity contribution in [2.75, 3.05) is 5.32 Å². The molecule has 2 rings (SSSR count). The van der Waals surface area contributed by atoms with Crippen LogP contribution in [0.5, 0.6) is 0 Å². The van der Waals surface area contributed by atoms with Gasteiger partial charge in [-0.25, -0.2) is 0 Å². The van der Waals surface area contributed by atoms with Crippen LogP contribution in [0.4, 0.5) is 5.69 Å². The lowest BCUT2D eigenvalue weighted by Crippen LogP contribution is -2.18. The molecular formula is C16H24ClN. The van der Waals surface area contributed by atoms with Gasteiger partial charge in [0.25, 0.3) is 0 Å². The lowest BCUT2D eigenvalue weighted by Gasteiger charge is -2.19. The molecule has 1 saturated carbocycles. The zero-order valence-corrected chi connectivity index (χ0v) is 12.2. The predicted molar refractivity (Wildman–Crippen MR) is 80.3 cm³/mol. The van der Waals surface area contributed by atoms with Crippen LogP contribution in [0.1, 0.15) is 46.0 Å². The van der Waals surface area contributed by atoms with Gasteiger partial charge in [0.15, 0.2) is 0 Å². The third kappa shape index (κ3) is 3.91. The van der Waals surface area contributed by atoms with Crippen molar-refractivity contribution in [3.8, 4) is 0 Å². The molecule has 1 aromatic carbocycles. The van der Waals surface area contributed by atoms with E-state index < -0.39 is 0 Å². The largest absolute Gasteiger partial charge is 0.382 e. The van der Waals surface area contributed by atoms with Gasteiger partial charge in [-0.15, -0.1) is 0 Å². The van der Waals surface area contributed by atoms with Crippen LogP contribution < -0.4 is 5.32 Å². The second kappa shape index (κ2) is 6.47. The van der Waals surface area contributed by atoms with Crippen LogP contribution in [0.15, 0.2) is 24.3 Å². The van der Waals surface area contributed by atoms with E-state index in [-0.39, 0.29) is 0 Å². The summed E-state index contributed by atoms with van der Waals surface area (Å²) in [7, 11) is 0. The summed E-state index contributed by atoms with van der Waals surface area (Å²) in [6.45, 7) is 4.72. The van der Waals surface area contributed by atoms with Crippen molar-refractivity contribution >= 4 is 17.3 Å². The Kier molecular flexibility index (Phi) is 4.94. The second-order valence-corrected chi connectivity index (χ2v) is 6.30. The lowest BCUT2D eigenvalue weighted by molar-refractivity contribution is 0.341. The maximum absolute atomic E-state index is 5.91. The van der Waals surface area contributed by atoms with Gasteiger partial charge in [-0.05, 0) is 55.4 Å². The normalized spacial score (nSPS) is 24.9. The summed E-state index contributed by atoms with van der Waals surface area (Å²) in [5, 5.41) is 4.46. The van der Waals surface area contributed by atoms with E-state index in [0.29, 0.717) is 6.04 Å². The van der Waals surface area contributed by atoms with Crippen LogP contribution in [0, 0.1) is 11.8 Å². The molecule has 1 N–H and O–H groups in total. The minimum atomic E-state index is 0.634. The Morgan fingerprint density at radius 3 is 2.44 bits per heavy atom. The van der Waals surface area contributed by atoms with Crippen LogP contribution in [-0.4, -0.2) is 6.04 Å². The Labute approximate surface area is 116 Å². The first-order valence-corrected chi connectivity index (χ1v) is 7.55. The number of hydrogen-bond acceptors (Lipinski definition) is 1. The zero-order chi connectivity index (χ0) is 13.0. The van der Waals surface area contributed by atoms with Crippen molar-refractivity contribution in [3.63, 3.8) is 0 Å². The van der Waals surface area contributed by atoms with Crippen molar-refractivity contribution in [1.29, 1.82) is 0 Å². The van der Waals surface area contributed by atoms with Gasteiger partial charge in [-0.1, -0.05) is 38.3 Å². The molecule has 1 aliphatic rings. The SMILES string of the molecule is CC(C)C1CCCC(Nc2ccc(Cl)cc2)CC1. The Bertz CT molecular complexity index is 358. The molecule has 1 aromatic rings. The predicted octanol–water partition coefficient (Wildman–Crippen LogP) is 5.36. The summed E-state index contributed by atoms with van der Waals surface area (Å²) in [6, 6.07) is 8.70. The van der Waals surface area contributed by atoms with E-state index in [1.807, 2.05) is 12.1 Å². The van der Waals surface area contributed by atoms with Crippen LogP contribution in [-0.2, 0) is 0 Å². The number of nitrogens with one attached hydrogen (secondary N) is 1. The van der Waals surface area contributed by atoms with Crippen LogP contribution in [0.2, 0.25) is 5.02 Å². The Morgan fingerprint density at radius 1 is 1.06 bits per heavy atom. The fraction of sp³-hybridized carbons (Fsp3) is 0.625. The van der Waals surface area contributed by atoms with E-state index in [0.717, 1.165) is 16.9 Å². The molecule has 0 aliphatic heterocycles. The first-order valence-electron chi connectivity index (χ1n) is 7.17. The molecular weight excluding hydrogens is 242 g/mol. The Morgan fingerprint density at radius 2 is 1.78 bits per heavy atom. The summed E-state index contributed by atoms with van der Waals surface area (Å²) in [5.74, 6) is 1.75. The molecule has 2 heteroatoms. The minimum Gasteiger partial charge on any atom is -0.382 e. The average Bonchev–Trinajstić information content (AvgIpc) is 2.58. The van der Waals surface area contributed by atoms with Gasteiger partial charge < -0.3 is 5.32 Å². The van der Waals surface area contributed by atoms with Gasteiger partial charge in [0.05, 0.1) is 0 Å². The monoisotopic (exact) mass is 265 g/mol. The summed E-state index contributed by atoms with van der Waals surface area (Å²) < 4.78 is 0. The van der Waals surface area contributed by atoms with E-state index >= 15 is 0 Å². The summed E-state index contributed by atoms with van der Waals surface area (Å²) >= 11 is 5.91. The molecule has 0 spiro atoms. The van der Waals surface area contributed by atoms with Gasteiger partial charge in [-0.3, -0.25) is 0 Å². The highest BCUT2D eigenvalue weighted by atomic mass is 35.5. The van der Waals surface area contributed by atoms with Crippen LogP contribution in [0.3, 0.4) is 0 Å². The molecule has 1 nitrogen and oxygen atoms in total. The lowest BCUT2D eigenvalue weighted by atomic mass is 9.89. The highest BCUT2D eigenvalue weighted by Gasteiger charge is 2.20. The van der Waals surface area contributed by atoms with Gasteiger partial charge in [0.2, 0.25) is 0 Å². The van der Waals surface area contributed by atoms with Crippen LogP contribution >= 0.6 is 11.6 Å². The van der Waals surface area contributed by atoms with Gasteiger partial charge in [0, 0.05) is 16.8 Å². The fourth-order valence-electron chi connectivity index (χ4n) is 2.92. The smallest absolute Gasteiger partial charge is 0.0407 e. The highest BCUT2D eigenvalue weighted by molar-refractivity contribution is 6.30. The van der Waals surface area contributed by atoms with Crippen molar-refractivity contribution in [2.45, 2.75) is 52.0 Å². The first kappa shape index (κ1) is 13.7. The third-order valence-electron chi connectivity index (χ3n) is 4.17. The van der Waals surface area contributed by atoms with Gasteiger partial charge in [0.1, 0.15) is 0 Å². The molecule has 18 heavy (non-hydrogen) atoms. The highest BCUT2D eigenvalue weighted by Crippen LogP contribution is 2.30. The van der Waals surface area contributed by atoms with E-state index in [4.69, 9.17) is 11.6 Å². The van der Waals surface area contributed by atoms with E-state index in [1.165, 1.54) is 37.8 Å². The molecule has 0 amide bonds. The summed E-state index contributed by atoms with van der Waals surface area (Å²) in [4.78, 5) is 0. The van der Waals surface area contributed by atoms with E-state index in [2.05, 4.69) is 31.3 Å². The minimum absolute atomic E-state index is 0.634. The summed E-state index contributed by atoms with van der Waals surface area (Å²) in [5.41, 5.74) is 1.20. The molecule has 1 aliphatic carbocycles. The molecule has 100 valence electrons. The standard InChI is InChI=1S/C16H24ClN/c1-12(2)13-4-3-5-15(9-6-13)18-16-10-7-14(17)8-11-16/h7-8,10-13,15,18H,3-6,9H2,1-2H3. The third-order valence-corrected chi connectivity index (χ3v) is 4.42. The van der Waals surface area contributed by atoms with Crippen molar-refractivity contribution in [3.05, 3.63) is 29.3 Å². The topological polar surface area (TPSA) is 12.0 Å². The number of anilines is 1. The maximum Gasteiger partial charge on any atom is 0.0407 e. The molecule has 2 unspecified atom stereocenters. The average molecular weight is 266 g/mol. The number of benzene rings is 1. The fourth-order valence-corrected chi connectivity index (χ4v) is 3.05. The summed E-state index contributed by atoms with van der Waals surface area (Å²) in [6.07, 6.45) is 6.71. The molecule has 2 atom stereocenters. The molecule has 0 heterocycles. The van der Waals surface area contributed by atoms with Gasteiger partial charge >= 0.3 is 0 Å². The molecule has 0 saturated heterocycles. The number of hydrogen-bond donors (Lipinski definition) is 1. The van der Waals surface area contributed by atoms with Crippen molar-refractivity contribution in [1.82, 2.24) is 0 Å². The number of rotatable bonds is 3. The number of halogens is 1. The molecule has 0 aromatic heterocycles. The van der Waals surface area contributed by atoms with Crippen molar-refractivity contribution in [2.24, 2.45) is 11.8 Å².